The highest BCUT2D eigenvalue weighted by molar-refractivity contribution is 7.89. The largest absolute Gasteiger partial charge is 0.412 e. The van der Waals surface area contributed by atoms with E-state index >= 15 is 0 Å². The number of primary sulfonamides is 1. The molecule has 134 valence electrons. The number of carbonyl (C=O) groups excluding carboxylic acids is 1. The van der Waals surface area contributed by atoms with E-state index in [0.29, 0.717) is 0 Å². The number of hydrogen-bond acceptors (Lipinski definition) is 4. The molecular formula is C16H18ClN3O4S. The monoisotopic (exact) mass is 383 g/mol. The summed E-state index contributed by atoms with van der Waals surface area (Å²) in [7, 11) is -4.00. The van der Waals surface area contributed by atoms with Gasteiger partial charge in [-0.1, -0.05) is 29.8 Å². The van der Waals surface area contributed by atoms with E-state index in [1.807, 2.05) is 31.2 Å². The zero-order chi connectivity index (χ0) is 17.5. The summed E-state index contributed by atoms with van der Waals surface area (Å²) in [6.45, 7) is 2.00. The lowest BCUT2D eigenvalue weighted by molar-refractivity contribution is 0.0946. The first-order valence-corrected chi connectivity index (χ1v) is 9.20. The van der Waals surface area contributed by atoms with Gasteiger partial charge in [0.1, 0.15) is 4.90 Å². The van der Waals surface area contributed by atoms with Crippen molar-refractivity contribution in [2.75, 3.05) is 5.01 Å². The molecule has 0 saturated carbocycles. The summed E-state index contributed by atoms with van der Waals surface area (Å²) in [6.07, 6.45) is 0.819. The topological polar surface area (TPSA) is 124 Å². The van der Waals surface area contributed by atoms with Crippen LogP contribution in [0.4, 0.5) is 5.69 Å². The second-order valence-corrected chi connectivity index (χ2v) is 7.62. The van der Waals surface area contributed by atoms with Gasteiger partial charge in [-0.05, 0) is 43.2 Å². The van der Waals surface area contributed by atoms with Crippen LogP contribution in [0.15, 0.2) is 47.4 Å². The van der Waals surface area contributed by atoms with Crippen molar-refractivity contribution in [2.45, 2.75) is 24.3 Å². The molecule has 9 heteroatoms. The van der Waals surface area contributed by atoms with Crippen LogP contribution in [0.1, 0.15) is 22.8 Å². The summed E-state index contributed by atoms with van der Waals surface area (Å²) < 4.78 is 23.1. The van der Waals surface area contributed by atoms with Crippen LogP contribution < -0.4 is 15.6 Å². The Morgan fingerprint density at radius 2 is 1.96 bits per heavy atom. The van der Waals surface area contributed by atoms with E-state index in [0.717, 1.165) is 17.7 Å². The number of halogens is 1. The van der Waals surface area contributed by atoms with Crippen LogP contribution in [0, 0.1) is 0 Å². The smallest absolute Gasteiger partial charge is 0.269 e. The second kappa shape index (κ2) is 7.01. The first-order chi connectivity index (χ1) is 11.3. The molecule has 1 aliphatic heterocycles. The minimum Gasteiger partial charge on any atom is -0.412 e. The molecule has 2 aromatic rings. The molecule has 1 unspecified atom stereocenters. The van der Waals surface area contributed by atoms with Crippen molar-refractivity contribution in [1.29, 1.82) is 0 Å². The summed E-state index contributed by atoms with van der Waals surface area (Å²) in [5.74, 6) is -0.430. The molecule has 0 saturated heterocycles. The quantitative estimate of drug-likeness (QED) is 0.827. The Morgan fingerprint density at radius 1 is 1.28 bits per heavy atom. The Bertz CT molecular complexity index is 917. The Labute approximate surface area is 150 Å². The molecule has 0 radical (unpaired) electrons. The molecule has 5 N–H and O–H groups in total. The molecule has 1 heterocycles. The van der Waals surface area contributed by atoms with Gasteiger partial charge in [-0.2, -0.15) is 0 Å². The van der Waals surface area contributed by atoms with Crippen LogP contribution in [-0.4, -0.2) is 25.8 Å². The van der Waals surface area contributed by atoms with Crippen molar-refractivity contribution in [3.63, 3.8) is 0 Å². The number of hydrogen-bond donors (Lipinski definition) is 2. The lowest BCUT2D eigenvalue weighted by Crippen LogP contribution is -2.45. The molecule has 0 spiro atoms. The molecule has 25 heavy (non-hydrogen) atoms. The van der Waals surface area contributed by atoms with Crippen LogP contribution in [-0.2, 0) is 16.4 Å². The molecule has 0 aliphatic carbocycles. The SMILES string of the molecule is CC1Cc2ccccc2N1NC(=O)c1ccc(Cl)c(S(N)(=O)=O)c1.O. The fraction of sp³-hybridized carbons (Fsp3) is 0.188. The summed E-state index contributed by atoms with van der Waals surface area (Å²) in [4.78, 5) is 12.2. The molecule has 7 nitrogen and oxygen atoms in total. The van der Waals surface area contributed by atoms with Gasteiger partial charge in [0, 0.05) is 5.56 Å². The van der Waals surface area contributed by atoms with Crippen molar-refractivity contribution in [2.24, 2.45) is 5.14 Å². The van der Waals surface area contributed by atoms with Crippen molar-refractivity contribution in [1.82, 2.24) is 5.43 Å². The van der Waals surface area contributed by atoms with Gasteiger partial charge >= 0.3 is 0 Å². The maximum Gasteiger partial charge on any atom is 0.269 e. The molecular weight excluding hydrogens is 366 g/mol. The lowest BCUT2D eigenvalue weighted by atomic mass is 10.1. The molecule has 0 fully saturated rings. The number of fused-ring (bicyclic) bond motifs is 1. The van der Waals surface area contributed by atoms with Crippen LogP contribution in [0.2, 0.25) is 5.02 Å². The van der Waals surface area contributed by atoms with Crippen molar-refractivity contribution >= 4 is 33.2 Å². The highest BCUT2D eigenvalue weighted by atomic mass is 35.5. The van der Waals surface area contributed by atoms with E-state index in [9.17, 15) is 13.2 Å². The summed E-state index contributed by atoms with van der Waals surface area (Å²) >= 11 is 5.84. The minimum atomic E-state index is -4.00. The Kier molecular flexibility index (Phi) is 5.38. The average molecular weight is 384 g/mol. The van der Waals surface area contributed by atoms with E-state index in [4.69, 9.17) is 16.7 Å². The lowest BCUT2D eigenvalue weighted by Gasteiger charge is -2.25. The highest BCUT2D eigenvalue weighted by Gasteiger charge is 2.27. The second-order valence-electron chi connectivity index (χ2n) is 5.68. The van der Waals surface area contributed by atoms with Crippen molar-refractivity contribution in [3.05, 3.63) is 58.6 Å². The summed E-state index contributed by atoms with van der Waals surface area (Å²) in [5, 5.41) is 6.88. The molecule has 1 amide bonds. The van der Waals surface area contributed by atoms with E-state index in [2.05, 4.69) is 5.43 Å². The number of nitrogens with one attached hydrogen (secondary N) is 1. The highest BCUT2D eigenvalue weighted by Crippen LogP contribution is 2.30. The summed E-state index contributed by atoms with van der Waals surface area (Å²) in [5.41, 5.74) is 5.06. The van der Waals surface area contributed by atoms with Crippen molar-refractivity contribution < 1.29 is 18.7 Å². The zero-order valence-electron chi connectivity index (χ0n) is 13.4. The Balaban J connectivity index is 0.00000225. The maximum absolute atomic E-state index is 12.5. The standard InChI is InChI=1S/C16H16ClN3O3S.H2O/c1-10-8-11-4-2-3-5-14(11)20(10)19-16(21)12-6-7-13(17)15(9-12)24(18,22)23;/h2-7,9-10H,8H2,1H3,(H,19,21)(H2,18,22,23);1H2. The number of benzene rings is 2. The van der Waals surface area contributed by atoms with E-state index in [-0.39, 0.29) is 27.0 Å². The minimum absolute atomic E-state index is 0. The number of amides is 1. The average Bonchev–Trinajstić information content (AvgIpc) is 2.82. The number of anilines is 1. The van der Waals surface area contributed by atoms with E-state index in [1.165, 1.54) is 18.2 Å². The fourth-order valence-electron chi connectivity index (χ4n) is 2.77. The molecule has 1 atom stereocenters. The van der Waals surface area contributed by atoms with Gasteiger partial charge in [0.05, 0.1) is 16.8 Å². The fourth-order valence-corrected chi connectivity index (χ4v) is 3.84. The third-order valence-electron chi connectivity index (χ3n) is 3.93. The number of carbonyl (C=O) groups is 1. The Morgan fingerprint density at radius 3 is 2.64 bits per heavy atom. The summed E-state index contributed by atoms with van der Waals surface area (Å²) in [6, 6.07) is 11.9. The predicted molar refractivity (Wildman–Crippen MR) is 96.0 cm³/mol. The molecule has 3 rings (SSSR count). The third-order valence-corrected chi connectivity index (χ3v) is 5.32. The predicted octanol–water partition coefficient (Wildman–Crippen LogP) is 1.26. The van der Waals surface area contributed by atoms with E-state index < -0.39 is 15.9 Å². The number of hydrazine groups is 1. The van der Waals surface area contributed by atoms with Gasteiger partial charge in [-0.15, -0.1) is 0 Å². The normalized spacial score (nSPS) is 16.1. The number of nitrogens with zero attached hydrogens (tertiary/aromatic N) is 1. The van der Waals surface area contributed by atoms with Crippen LogP contribution >= 0.6 is 11.6 Å². The van der Waals surface area contributed by atoms with Gasteiger partial charge in [-0.3, -0.25) is 15.2 Å². The van der Waals surface area contributed by atoms with E-state index in [1.54, 1.807) is 5.01 Å². The van der Waals surface area contributed by atoms with Gasteiger partial charge < -0.3 is 5.48 Å². The van der Waals surface area contributed by atoms with Gasteiger partial charge in [0.25, 0.3) is 5.91 Å². The molecule has 1 aliphatic rings. The van der Waals surface area contributed by atoms with Crippen LogP contribution in [0.3, 0.4) is 0 Å². The first kappa shape index (κ1) is 19.2. The molecule has 0 bridgehead atoms. The number of sulfonamides is 1. The zero-order valence-corrected chi connectivity index (χ0v) is 14.9. The van der Waals surface area contributed by atoms with Gasteiger partial charge in [0.2, 0.25) is 10.0 Å². The van der Waals surface area contributed by atoms with Crippen LogP contribution in [0.5, 0.6) is 0 Å². The first-order valence-electron chi connectivity index (χ1n) is 7.28. The number of nitrogens with two attached hydrogens (primary N) is 1. The molecule has 0 aromatic heterocycles. The van der Waals surface area contributed by atoms with Gasteiger partial charge in [0.15, 0.2) is 0 Å². The maximum atomic E-state index is 12.5. The van der Waals surface area contributed by atoms with Gasteiger partial charge in [-0.25, -0.2) is 13.6 Å². The van der Waals surface area contributed by atoms with Crippen LogP contribution in [0.25, 0.3) is 0 Å². The third kappa shape index (κ3) is 3.77. The van der Waals surface area contributed by atoms with Crippen molar-refractivity contribution in [3.8, 4) is 0 Å². The Hall–Kier alpha value is -2.13. The molecule has 2 aromatic carbocycles. The number of para-hydroxylation sites is 1. The number of rotatable bonds is 3.